The fraction of sp³-hybridized carbons (Fsp3) is 0.333. The maximum absolute atomic E-state index is 5.93. The Labute approximate surface area is 137 Å². The highest BCUT2D eigenvalue weighted by Gasteiger charge is 2.15. The van der Waals surface area contributed by atoms with E-state index in [2.05, 4.69) is 50.4 Å². The van der Waals surface area contributed by atoms with Crippen molar-refractivity contribution in [3.8, 4) is 0 Å². The lowest BCUT2D eigenvalue weighted by Gasteiger charge is -2.21. The van der Waals surface area contributed by atoms with Crippen molar-refractivity contribution in [1.82, 2.24) is 5.32 Å². The van der Waals surface area contributed by atoms with Crippen LogP contribution in [0, 0.1) is 20.8 Å². The van der Waals surface area contributed by atoms with Crippen LogP contribution in [0.3, 0.4) is 0 Å². The number of halogens is 1. The minimum atomic E-state index is 0.353. The fourth-order valence-electron chi connectivity index (χ4n) is 2.76. The Morgan fingerprint density at radius 2 is 1.62 bits per heavy atom. The summed E-state index contributed by atoms with van der Waals surface area (Å²) in [5.41, 5.74) is 5.48. The second-order valence-electron chi connectivity index (χ2n) is 5.42. The molecule has 0 spiro atoms. The van der Waals surface area contributed by atoms with Crippen LogP contribution in [0.5, 0.6) is 0 Å². The van der Waals surface area contributed by atoms with Crippen LogP contribution in [0.1, 0.15) is 28.3 Å². The maximum atomic E-state index is 5.93. The van der Waals surface area contributed by atoms with E-state index in [1.807, 2.05) is 30.9 Å². The van der Waals surface area contributed by atoms with Gasteiger partial charge in [-0.2, -0.15) is 0 Å². The second kappa shape index (κ2) is 7.35. The Kier molecular flexibility index (Phi) is 5.74. The summed E-state index contributed by atoms with van der Waals surface area (Å²) in [5, 5.41) is 4.24. The van der Waals surface area contributed by atoms with Crippen molar-refractivity contribution in [2.24, 2.45) is 0 Å². The summed E-state index contributed by atoms with van der Waals surface area (Å²) >= 11 is 7.79. The monoisotopic (exact) mass is 319 g/mol. The SMILES string of the molecule is CNC(CSc1ccc(Cl)cc1)c1c(C)cc(C)cc1C. The Morgan fingerprint density at radius 3 is 2.14 bits per heavy atom. The average Bonchev–Trinajstić information content (AvgIpc) is 2.43. The number of hydrogen-bond acceptors (Lipinski definition) is 2. The smallest absolute Gasteiger partial charge is 0.0418 e. The molecule has 1 unspecified atom stereocenters. The van der Waals surface area contributed by atoms with Gasteiger partial charge in [-0.15, -0.1) is 11.8 Å². The van der Waals surface area contributed by atoms with Gasteiger partial charge in [0.05, 0.1) is 0 Å². The first-order valence-electron chi connectivity index (χ1n) is 7.14. The van der Waals surface area contributed by atoms with Crippen LogP contribution in [0.2, 0.25) is 5.02 Å². The summed E-state index contributed by atoms with van der Waals surface area (Å²) in [5.74, 6) is 1.00. The molecule has 112 valence electrons. The highest BCUT2D eigenvalue weighted by Crippen LogP contribution is 2.29. The summed E-state index contributed by atoms with van der Waals surface area (Å²) in [6.45, 7) is 6.56. The molecule has 0 radical (unpaired) electrons. The van der Waals surface area contributed by atoms with Gasteiger partial charge in [0.15, 0.2) is 0 Å². The van der Waals surface area contributed by atoms with Gasteiger partial charge in [0.1, 0.15) is 0 Å². The van der Waals surface area contributed by atoms with Crippen molar-refractivity contribution in [2.45, 2.75) is 31.7 Å². The van der Waals surface area contributed by atoms with Gasteiger partial charge in [-0.25, -0.2) is 0 Å². The van der Waals surface area contributed by atoms with Crippen molar-refractivity contribution >= 4 is 23.4 Å². The summed E-state index contributed by atoms with van der Waals surface area (Å²) < 4.78 is 0. The third-order valence-corrected chi connectivity index (χ3v) is 5.02. The Hall–Kier alpha value is -0.960. The second-order valence-corrected chi connectivity index (χ2v) is 6.95. The van der Waals surface area contributed by atoms with Gasteiger partial charge in [-0.05, 0) is 68.8 Å². The van der Waals surface area contributed by atoms with E-state index in [1.165, 1.54) is 27.1 Å². The van der Waals surface area contributed by atoms with E-state index < -0.39 is 0 Å². The first kappa shape index (κ1) is 16.4. The summed E-state index contributed by atoms with van der Waals surface area (Å²) in [6, 6.07) is 12.9. The van der Waals surface area contributed by atoms with Gasteiger partial charge in [0, 0.05) is 21.7 Å². The standard InChI is InChI=1S/C18H22ClNS/c1-12-9-13(2)18(14(3)10-12)17(20-4)11-21-16-7-5-15(19)6-8-16/h5-10,17,20H,11H2,1-4H3. The van der Waals surface area contributed by atoms with Crippen molar-refractivity contribution in [1.29, 1.82) is 0 Å². The predicted molar refractivity (Wildman–Crippen MR) is 94.6 cm³/mol. The molecule has 0 aliphatic heterocycles. The maximum Gasteiger partial charge on any atom is 0.0418 e. The molecule has 1 N–H and O–H groups in total. The molecule has 0 amide bonds. The van der Waals surface area contributed by atoms with Crippen LogP contribution in [0.15, 0.2) is 41.3 Å². The Balaban J connectivity index is 2.15. The molecule has 2 aromatic rings. The molecule has 0 aromatic heterocycles. The zero-order chi connectivity index (χ0) is 15.4. The van der Waals surface area contributed by atoms with Crippen molar-refractivity contribution in [3.05, 3.63) is 63.7 Å². The number of nitrogens with one attached hydrogen (secondary N) is 1. The highest BCUT2D eigenvalue weighted by atomic mass is 35.5. The molecule has 0 aliphatic rings. The van der Waals surface area contributed by atoms with Gasteiger partial charge >= 0.3 is 0 Å². The minimum absolute atomic E-state index is 0.353. The topological polar surface area (TPSA) is 12.0 Å². The number of thioether (sulfide) groups is 1. The fourth-order valence-corrected chi connectivity index (χ4v) is 3.91. The molecule has 21 heavy (non-hydrogen) atoms. The predicted octanol–water partition coefficient (Wildman–Crippen LogP) is 5.32. The summed E-state index contributed by atoms with van der Waals surface area (Å²) in [7, 11) is 2.03. The molecule has 0 fully saturated rings. The van der Waals surface area contributed by atoms with E-state index in [0.29, 0.717) is 6.04 Å². The number of aryl methyl sites for hydroxylation is 3. The van der Waals surface area contributed by atoms with Crippen LogP contribution in [-0.4, -0.2) is 12.8 Å². The van der Waals surface area contributed by atoms with Crippen molar-refractivity contribution in [2.75, 3.05) is 12.8 Å². The van der Waals surface area contributed by atoms with Crippen LogP contribution in [-0.2, 0) is 0 Å². The molecule has 0 heterocycles. The minimum Gasteiger partial charge on any atom is -0.312 e. The van der Waals surface area contributed by atoms with Crippen molar-refractivity contribution < 1.29 is 0 Å². The van der Waals surface area contributed by atoms with E-state index in [4.69, 9.17) is 11.6 Å². The molecule has 0 saturated carbocycles. The Bertz CT molecular complexity index is 584. The lowest BCUT2D eigenvalue weighted by atomic mass is 9.95. The molecule has 3 heteroatoms. The quantitative estimate of drug-likeness (QED) is 0.749. The lowest BCUT2D eigenvalue weighted by Crippen LogP contribution is -2.21. The van der Waals surface area contributed by atoms with E-state index in [1.54, 1.807) is 0 Å². The third-order valence-electron chi connectivity index (χ3n) is 3.67. The number of hydrogen-bond donors (Lipinski definition) is 1. The number of rotatable bonds is 5. The van der Waals surface area contributed by atoms with Gasteiger partial charge in [-0.3, -0.25) is 0 Å². The highest BCUT2D eigenvalue weighted by molar-refractivity contribution is 7.99. The molecule has 0 bridgehead atoms. The third kappa shape index (κ3) is 4.26. The Morgan fingerprint density at radius 1 is 1.05 bits per heavy atom. The van der Waals surface area contributed by atoms with Gasteiger partial charge in [0.25, 0.3) is 0 Å². The summed E-state index contributed by atoms with van der Waals surface area (Å²) in [4.78, 5) is 1.25. The normalized spacial score (nSPS) is 12.4. The molecule has 2 rings (SSSR count). The van der Waals surface area contributed by atoms with Gasteiger partial charge in [-0.1, -0.05) is 29.3 Å². The van der Waals surface area contributed by atoms with E-state index in [-0.39, 0.29) is 0 Å². The first-order chi connectivity index (χ1) is 10.0. The average molecular weight is 320 g/mol. The van der Waals surface area contributed by atoms with Crippen LogP contribution >= 0.6 is 23.4 Å². The molecule has 2 aromatic carbocycles. The van der Waals surface area contributed by atoms with Crippen LogP contribution in [0.4, 0.5) is 0 Å². The van der Waals surface area contributed by atoms with Crippen LogP contribution in [0.25, 0.3) is 0 Å². The molecule has 0 aliphatic carbocycles. The van der Waals surface area contributed by atoms with E-state index in [9.17, 15) is 0 Å². The molecule has 0 saturated heterocycles. The first-order valence-corrected chi connectivity index (χ1v) is 8.51. The molecular weight excluding hydrogens is 298 g/mol. The summed E-state index contributed by atoms with van der Waals surface area (Å²) in [6.07, 6.45) is 0. The van der Waals surface area contributed by atoms with Crippen molar-refractivity contribution in [3.63, 3.8) is 0 Å². The zero-order valence-electron chi connectivity index (χ0n) is 13.0. The number of benzene rings is 2. The molecule has 1 nitrogen and oxygen atoms in total. The van der Waals surface area contributed by atoms with Crippen LogP contribution < -0.4 is 5.32 Å². The van der Waals surface area contributed by atoms with E-state index in [0.717, 1.165) is 10.8 Å². The lowest BCUT2D eigenvalue weighted by molar-refractivity contribution is 0.653. The largest absolute Gasteiger partial charge is 0.312 e. The molecule has 1 atom stereocenters. The zero-order valence-corrected chi connectivity index (χ0v) is 14.6. The van der Waals surface area contributed by atoms with Gasteiger partial charge < -0.3 is 5.32 Å². The molecular formula is C18H22ClNS. The van der Waals surface area contributed by atoms with Gasteiger partial charge in [0.2, 0.25) is 0 Å². The van der Waals surface area contributed by atoms with E-state index >= 15 is 0 Å².